The zero-order valence-electron chi connectivity index (χ0n) is 20.7. The lowest BCUT2D eigenvalue weighted by atomic mass is 10.0. The lowest BCUT2D eigenvalue weighted by Crippen LogP contribution is -2.27. The fraction of sp³-hybridized carbons (Fsp3) is 0.267. The molecule has 0 N–H and O–H groups in total. The summed E-state index contributed by atoms with van der Waals surface area (Å²) in [4.78, 5) is 16.7. The average molecular weight is 504 g/mol. The van der Waals surface area contributed by atoms with Gasteiger partial charge in [0.15, 0.2) is 11.9 Å². The van der Waals surface area contributed by atoms with E-state index in [2.05, 4.69) is 18.8 Å². The lowest BCUT2D eigenvalue weighted by molar-refractivity contribution is -0.124. The molecular weight excluding hydrogens is 474 g/mol. The minimum atomic E-state index is -0.544. The Hall–Kier alpha value is -3.57. The van der Waals surface area contributed by atoms with Gasteiger partial charge in [-0.05, 0) is 61.7 Å². The zero-order chi connectivity index (χ0) is 25.5. The number of pyridine rings is 1. The molecule has 0 saturated heterocycles. The summed E-state index contributed by atoms with van der Waals surface area (Å²) in [5.41, 5.74) is 2.59. The Morgan fingerprint density at radius 1 is 0.861 bits per heavy atom. The summed E-state index contributed by atoms with van der Waals surface area (Å²) in [6, 6.07) is 24.9. The van der Waals surface area contributed by atoms with Gasteiger partial charge >= 0.3 is 0 Å². The highest BCUT2D eigenvalue weighted by atomic mass is 35.5. The predicted octanol–water partition coefficient (Wildman–Crippen LogP) is 7.43. The summed E-state index contributed by atoms with van der Waals surface area (Å²) in [5, 5.41) is 1.56. The van der Waals surface area contributed by atoms with E-state index in [9.17, 15) is 4.79 Å². The quantitative estimate of drug-likeness (QED) is 0.213. The number of hydrogen-bond acceptors (Lipinski definition) is 5. The van der Waals surface area contributed by atoms with Crippen molar-refractivity contribution in [1.29, 1.82) is 0 Å². The van der Waals surface area contributed by atoms with Crippen LogP contribution in [0.25, 0.3) is 10.9 Å². The Morgan fingerprint density at radius 3 is 2.25 bits per heavy atom. The van der Waals surface area contributed by atoms with Crippen molar-refractivity contribution in [2.24, 2.45) is 5.92 Å². The first kappa shape index (κ1) is 25.5. The highest BCUT2D eigenvalue weighted by molar-refractivity contribution is 6.32. The molecule has 0 bridgehead atoms. The number of carbonyl (C=O) groups is 1. The fourth-order valence-electron chi connectivity index (χ4n) is 3.81. The minimum Gasteiger partial charge on any atom is -0.489 e. The van der Waals surface area contributed by atoms with Gasteiger partial charge in [0.1, 0.15) is 30.5 Å². The molecule has 0 amide bonds. The van der Waals surface area contributed by atoms with E-state index in [1.165, 1.54) is 0 Å². The van der Waals surface area contributed by atoms with E-state index in [1.807, 2.05) is 72.8 Å². The summed E-state index contributed by atoms with van der Waals surface area (Å²) in [6.07, 6.45) is 0.0778. The molecule has 1 unspecified atom stereocenters. The number of rotatable bonds is 11. The second-order valence-corrected chi connectivity index (χ2v) is 9.53. The summed E-state index contributed by atoms with van der Waals surface area (Å²) in [5.74, 6) is 2.19. The molecule has 3 aromatic carbocycles. The Balaban J connectivity index is 1.37. The minimum absolute atomic E-state index is 0.0232. The van der Waals surface area contributed by atoms with Crippen LogP contribution >= 0.6 is 11.6 Å². The van der Waals surface area contributed by atoms with E-state index in [0.717, 1.165) is 27.9 Å². The molecule has 0 saturated carbocycles. The molecule has 186 valence electrons. The van der Waals surface area contributed by atoms with Gasteiger partial charge in [-0.3, -0.25) is 4.79 Å². The van der Waals surface area contributed by atoms with Crippen molar-refractivity contribution in [3.05, 3.63) is 95.1 Å². The topological polar surface area (TPSA) is 57.7 Å². The van der Waals surface area contributed by atoms with Gasteiger partial charge in [-0.2, -0.15) is 0 Å². The number of benzene rings is 3. The van der Waals surface area contributed by atoms with Crippen LogP contribution in [0.1, 0.15) is 38.4 Å². The molecule has 1 heterocycles. The first-order valence-electron chi connectivity index (χ1n) is 12.0. The molecule has 0 aliphatic heterocycles. The molecule has 0 fully saturated rings. The van der Waals surface area contributed by atoms with Gasteiger partial charge in [0.05, 0.1) is 16.2 Å². The van der Waals surface area contributed by atoms with Gasteiger partial charge in [0.2, 0.25) is 0 Å². The number of ether oxygens (including phenoxy) is 3. The molecule has 1 atom stereocenters. The molecule has 0 aliphatic carbocycles. The summed E-state index contributed by atoms with van der Waals surface area (Å²) >= 11 is 6.42. The number of hydrogen-bond donors (Lipinski definition) is 0. The molecular formula is C30H30ClNO4. The van der Waals surface area contributed by atoms with Crippen molar-refractivity contribution < 1.29 is 19.0 Å². The van der Waals surface area contributed by atoms with Crippen LogP contribution in [0.4, 0.5) is 0 Å². The van der Waals surface area contributed by atoms with Gasteiger partial charge < -0.3 is 14.2 Å². The third-order valence-electron chi connectivity index (χ3n) is 5.71. The van der Waals surface area contributed by atoms with Crippen LogP contribution < -0.4 is 14.2 Å². The maximum atomic E-state index is 12.1. The van der Waals surface area contributed by atoms with Crippen LogP contribution in [0.3, 0.4) is 0 Å². The molecule has 0 radical (unpaired) electrons. The summed E-state index contributed by atoms with van der Waals surface area (Å²) in [6.45, 7) is 6.29. The number of para-hydroxylation sites is 2. The van der Waals surface area contributed by atoms with E-state index in [0.29, 0.717) is 35.5 Å². The SMILES string of the molecule is CC(=O)C(CC(C)C)Oc1c(Cl)cccc1COc1ccc(OCc2ccc3ccccc3n2)cc1. The Kier molecular flexibility index (Phi) is 8.44. The second-order valence-electron chi connectivity index (χ2n) is 9.12. The van der Waals surface area contributed by atoms with E-state index >= 15 is 0 Å². The largest absolute Gasteiger partial charge is 0.489 e. The zero-order valence-corrected chi connectivity index (χ0v) is 21.5. The Labute approximate surface area is 217 Å². The fourth-order valence-corrected chi connectivity index (χ4v) is 4.04. The van der Waals surface area contributed by atoms with E-state index in [1.54, 1.807) is 13.0 Å². The van der Waals surface area contributed by atoms with Crippen LogP contribution in [0.5, 0.6) is 17.2 Å². The summed E-state index contributed by atoms with van der Waals surface area (Å²) < 4.78 is 18.0. The van der Waals surface area contributed by atoms with Crippen LogP contribution in [-0.2, 0) is 18.0 Å². The molecule has 5 nitrogen and oxygen atoms in total. The number of nitrogens with zero attached hydrogens (tertiary/aromatic N) is 1. The molecule has 1 aromatic heterocycles. The Bertz CT molecular complexity index is 1320. The first-order valence-corrected chi connectivity index (χ1v) is 12.4. The van der Waals surface area contributed by atoms with Gasteiger partial charge in [0, 0.05) is 10.9 Å². The van der Waals surface area contributed by atoms with Crippen molar-refractivity contribution in [2.75, 3.05) is 0 Å². The third-order valence-corrected chi connectivity index (χ3v) is 6.01. The number of Topliss-reactive ketones (excluding diaryl/α,β-unsaturated/α-hetero) is 1. The third kappa shape index (κ3) is 6.76. The van der Waals surface area contributed by atoms with Crippen molar-refractivity contribution in [2.45, 2.75) is 46.5 Å². The Morgan fingerprint density at radius 2 is 1.56 bits per heavy atom. The van der Waals surface area contributed by atoms with Gasteiger partial charge in [-0.15, -0.1) is 0 Å². The number of fused-ring (bicyclic) bond motifs is 1. The number of ketones is 1. The highest BCUT2D eigenvalue weighted by Crippen LogP contribution is 2.32. The van der Waals surface area contributed by atoms with Crippen LogP contribution in [0.2, 0.25) is 5.02 Å². The molecule has 6 heteroatoms. The van der Waals surface area contributed by atoms with E-state index in [4.69, 9.17) is 25.8 Å². The van der Waals surface area contributed by atoms with Crippen molar-refractivity contribution in [3.63, 3.8) is 0 Å². The van der Waals surface area contributed by atoms with Crippen molar-refractivity contribution in [1.82, 2.24) is 4.98 Å². The highest BCUT2D eigenvalue weighted by Gasteiger charge is 2.21. The molecule has 36 heavy (non-hydrogen) atoms. The number of halogens is 1. The average Bonchev–Trinajstić information content (AvgIpc) is 2.87. The van der Waals surface area contributed by atoms with Crippen LogP contribution in [0.15, 0.2) is 78.9 Å². The molecule has 4 rings (SSSR count). The van der Waals surface area contributed by atoms with Crippen LogP contribution in [-0.4, -0.2) is 16.9 Å². The predicted molar refractivity (Wildman–Crippen MR) is 143 cm³/mol. The first-order chi connectivity index (χ1) is 17.4. The molecule has 4 aromatic rings. The molecule has 0 spiro atoms. The monoisotopic (exact) mass is 503 g/mol. The lowest BCUT2D eigenvalue weighted by Gasteiger charge is -2.21. The van der Waals surface area contributed by atoms with E-state index < -0.39 is 6.10 Å². The smallest absolute Gasteiger partial charge is 0.170 e. The van der Waals surface area contributed by atoms with Crippen LogP contribution in [0, 0.1) is 5.92 Å². The maximum Gasteiger partial charge on any atom is 0.170 e. The second kappa shape index (κ2) is 11.9. The maximum absolute atomic E-state index is 12.1. The normalized spacial score (nSPS) is 11.9. The standard InChI is InChI=1S/C30H30ClNO4/c1-20(2)17-29(21(3)33)36-30-23(8-6-9-27(30)31)18-34-25-13-15-26(16-14-25)35-19-24-12-11-22-7-4-5-10-28(22)32-24/h4-16,20,29H,17-19H2,1-3H3. The van der Waals surface area contributed by atoms with Crippen molar-refractivity contribution >= 4 is 28.3 Å². The van der Waals surface area contributed by atoms with Gasteiger partial charge in [0.25, 0.3) is 0 Å². The summed E-state index contributed by atoms with van der Waals surface area (Å²) in [7, 11) is 0. The van der Waals surface area contributed by atoms with Gasteiger partial charge in [-0.25, -0.2) is 4.98 Å². The van der Waals surface area contributed by atoms with Gasteiger partial charge in [-0.1, -0.05) is 61.8 Å². The number of aromatic nitrogens is 1. The van der Waals surface area contributed by atoms with Crippen molar-refractivity contribution in [3.8, 4) is 17.2 Å². The number of carbonyl (C=O) groups excluding carboxylic acids is 1. The molecule has 0 aliphatic rings. The van der Waals surface area contributed by atoms with E-state index in [-0.39, 0.29) is 12.4 Å².